The summed E-state index contributed by atoms with van der Waals surface area (Å²) in [5.41, 5.74) is 6.53. The van der Waals surface area contributed by atoms with Gasteiger partial charge in [-0.1, -0.05) is 0 Å². The van der Waals surface area contributed by atoms with Crippen LogP contribution in [0, 0.1) is 5.92 Å². The largest absolute Gasteiger partial charge is 0.382 e. The fourth-order valence-electron chi connectivity index (χ4n) is 2.95. The van der Waals surface area contributed by atoms with Crippen LogP contribution in [0.3, 0.4) is 0 Å². The van der Waals surface area contributed by atoms with Gasteiger partial charge in [0.25, 0.3) is 0 Å². The zero-order valence-electron chi connectivity index (χ0n) is 11.0. The molecule has 1 unspecified atom stereocenters. The van der Waals surface area contributed by atoms with Crippen molar-refractivity contribution in [2.45, 2.75) is 25.1 Å². The van der Waals surface area contributed by atoms with E-state index in [0.717, 1.165) is 0 Å². The summed E-state index contributed by atoms with van der Waals surface area (Å²) in [7, 11) is -4.14. The van der Waals surface area contributed by atoms with Crippen LogP contribution in [-0.4, -0.2) is 41.6 Å². The minimum absolute atomic E-state index is 0.121. The number of alkyl halides is 1. The summed E-state index contributed by atoms with van der Waals surface area (Å²) in [4.78, 5) is 30.0. The summed E-state index contributed by atoms with van der Waals surface area (Å²) >= 11 is 0. The van der Waals surface area contributed by atoms with Crippen molar-refractivity contribution in [3.05, 3.63) is 12.7 Å². The third kappa shape index (κ3) is 2.76. The summed E-state index contributed by atoms with van der Waals surface area (Å²) in [6.45, 7) is 0. The molecule has 8 nitrogen and oxygen atoms in total. The maximum Gasteiger partial charge on any atom is 0.325 e. The lowest BCUT2D eigenvalue weighted by molar-refractivity contribution is 0.265. The zero-order valence-corrected chi connectivity index (χ0v) is 11.9. The number of rotatable bonds is 3. The molecule has 0 amide bonds. The Balaban J connectivity index is 1.89. The van der Waals surface area contributed by atoms with E-state index in [9.17, 15) is 8.96 Å². The Bertz CT molecular complexity index is 717. The first-order valence-electron chi connectivity index (χ1n) is 6.47. The van der Waals surface area contributed by atoms with E-state index in [1.54, 1.807) is 4.57 Å². The Labute approximate surface area is 119 Å². The monoisotopic (exact) mass is 315 g/mol. The van der Waals surface area contributed by atoms with Gasteiger partial charge in [0.15, 0.2) is 11.5 Å². The van der Waals surface area contributed by atoms with Crippen molar-refractivity contribution in [3.63, 3.8) is 0 Å². The molecule has 2 aromatic rings. The molecule has 0 spiro atoms. The van der Waals surface area contributed by atoms with E-state index >= 15 is 0 Å². The maximum absolute atomic E-state index is 14.2. The molecule has 0 radical (unpaired) electrons. The zero-order chi connectivity index (χ0) is 15.2. The average Bonchev–Trinajstić information content (AvgIpc) is 2.92. The first-order chi connectivity index (χ1) is 9.85. The maximum atomic E-state index is 14.2. The smallest absolute Gasteiger partial charge is 0.325 e. The van der Waals surface area contributed by atoms with Crippen molar-refractivity contribution in [3.8, 4) is 0 Å². The highest BCUT2D eigenvalue weighted by molar-refractivity contribution is 7.51. The minimum Gasteiger partial charge on any atom is -0.382 e. The van der Waals surface area contributed by atoms with Gasteiger partial charge < -0.3 is 20.1 Å². The van der Waals surface area contributed by atoms with Crippen molar-refractivity contribution in [1.29, 1.82) is 0 Å². The summed E-state index contributed by atoms with van der Waals surface area (Å²) in [5, 5.41) is 0. The van der Waals surface area contributed by atoms with Gasteiger partial charge in [-0.25, -0.2) is 19.3 Å². The molecule has 4 N–H and O–H groups in total. The fraction of sp³-hybridized carbons (Fsp3) is 0.545. The van der Waals surface area contributed by atoms with Gasteiger partial charge in [0, 0.05) is 0 Å². The molecule has 1 fully saturated rings. The van der Waals surface area contributed by atoms with Gasteiger partial charge in [0.1, 0.15) is 18.0 Å². The van der Waals surface area contributed by atoms with Gasteiger partial charge in [0.05, 0.1) is 18.5 Å². The number of aromatic nitrogens is 4. The van der Waals surface area contributed by atoms with Crippen molar-refractivity contribution in [1.82, 2.24) is 19.5 Å². The number of imidazole rings is 1. The van der Waals surface area contributed by atoms with Crippen LogP contribution in [0.2, 0.25) is 0 Å². The molecule has 1 aliphatic rings. The van der Waals surface area contributed by atoms with Gasteiger partial charge in [-0.2, -0.15) is 0 Å². The summed E-state index contributed by atoms with van der Waals surface area (Å²) in [6.07, 6.45) is 1.69. The van der Waals surface area contributed by atoms with E-state index in [-0.39, 0.29) is 24.3 Å². The van der Waals surface area contributed by atoms with Crippen molar-refractivity contribution >= 4 is 24.6 Å². The van der Waals surface area contributed by atoms with Gasteiger partial charge in [-0.05, 0) is 18.8 Å². The average molecular weight is 315 g/mol. The standard InChI is InChI=1S/C11H15FN5O3P/c12-7-1-6(3-21(18,19)20)2-8(7)17-5-16-9-10(13)14-4-15-11(9)17/h4-8H,1-3H2,(H2,13,14,15)(H2,18,19,20)/t6-,7+,8?/m1/s1. The topological polar surface area (TPSA) is 127 Å². The van der Waals surface area contributed by atoms with Crippen molar-refractivity contribution in [2.24, 2.45) is 5.92 Å². The Morgan fingerprint density at radius 1 is 1.38 bits per heavy atom. The molecule has 2 heterocycles. The number of nitrogens with zero attached hydrogens (tertiary/aromatic N) is 4. The number of hydrogen-bond donors (Lipinski definition) is 3. The molecule has 114 valence electrons. The Kier molecular flexibility index (Phi) is 3.43. The molecule has 21 heavy (non-hydrogen) atoms. The molecular formula is C11H15FN5O3P. The highest BCUT2D eigenvalue weighted by Crippen LogP contribution is 2.46. The summed E-state index contributed by atoms with van der Waals surface area (Å²) in [6, 6.07) is -0.541. The van der Waals surface area contributed by atoms with Crippen LogP contribution >= 0.6 is 7.60 Å². The van der Waals surface area contributed by atoms with Crippen LogP contribution in [0.5, 0.6) is 0 Å². The van der Waals surface area contributed by atoms with Crippen LogP contribution in [0.1, 0.15) is 18.9 Å². The van der Waals surface area contributed by atoms with E-state index in [4.69, 9.17) is 15.5 Å². The van der Waals surface area contributed by atoms with E-state index in [2.05, 4.69) is 15.0 Å². The summed E-state index contributed by atoms with van der Waals surface area (Å²) in [5.74, 6) is -0.138. The Morgan fingerprint density at radius 3 is 2.86 bits per heavy atom. The SMILES string of the molecule is Nc1ncnc2c1ncn2C1C[C@H](CP(=O)(O)O)C[C@@H]1F. The third-order valence-corrected chi connectivity index (χ3v) is 4.78. The predicted molar refractivity (Wildman–Crippen MR) is 73.3 cm³/mol. The van der Waals surface area contributed by atoms with Crippen LogP contribution in [0.15, 0.2) is 12.7 Å². The lowest BCUT2D eigenvalue weighted by Crippen LogP contribution is -2.14. The molecule has 0 aromatic carbocycles. The predicted octanol–water partition coefficient (Wildman–Crippen LogP) is 0.875. The van der Waals surface area contributed by atoms with E-state index in [1.165, 1.54) is 12.7 Å². The van der Waals surface area contributed by atoms with E-state index in [0.29, 0.717) is 17.6 Å². The lowest BCUT2D eigenvalue weighted by Gasteiger charge is -2.15. The van der Waals surface area contributed by atoms with Gasteiger partial charge in [0.2, 0.25) is 0 Å². The Morgan fingerprint density at radius 2 is 2.14 bits per heavy atom. The van der Waals surface area contributed by atoms with Crippen molar-refractivity contribution < 1.29 is 18.7 Å². The van der Waals surface area contributed by atoms with E-state index in [1.807, 2.05) is 0 Å². The first kappa shape index (κ1) is 14.4. The van der Waals surface area contributed by atoms with Crippen LogP contribution in [0.25, 0.3) is 11.2 Å². The van der Waals surface area contributed by atoms with Crippen molar-refractivity contribution in [2.75, 3.05) is 11.9 Å². The quantitative estimate of drug-likeness (QED) is 0.717. The highest BCUT2D eigenvalue weighted by Gasteiger charge is 2.39. The molecule has 3 rings (SSSR count). The number of halogens is 1. The van der Waals surface area contributed by atoms with E-state index < -0.39 is 19.8 Å². The number of anilines is 1. The minimum atomic E-state index is -4.14. The Hall–Kier alpha value is -1.57. The molecule has 10 heteroatoms. The van der Waals surface area contributed by atoms with Crippen LogP contribution in [0.4, 0.5) is 10.2 Å². The van der Waals surface area contributed by atoms with Gasteiger partial charge in [-0.3, -0.25) is 4.57 Å². The molecule has 1 aliphatic carbocycles. The molecule has 2 aromatic heterocycles. The molecule has 0 bridgehead atoms. The second-order valence-electron chi connectivity index (χ2n) is 5.35. The van der Waals surface area contributed by atoms with Crippen LogP contribution < -0.4 is 5.73 Å². The lowest BCUT2D eigenvalue weighted by atomic mass is 10.1. The fourth-order valence-corrected chi connectivity index (χ4v) is 3.92. The molecule has 1 saturated carbocycles. The van der Waals surface area contributed by atoms with Crippen LogP contribution in [-0.2, 0) is 4.57 Å². The third-order valence-electron chi connectivity index (χ3n) is 3.79. The first-order valence-corrected chi connectivity index (χ1v) is 8.26. The summed E-state index contributed by atoms with van der Waals surface area (Å²) < 4.78 is 26.9. The molecular weight excluding hydrogens is 300 g/mol. The number of hydrogen-bond acceptors (Lipinski definition) is 5. The number of fused-ring (bicyclic) bond motifs is 1. The number of nitrogen functional groups attached to an aromatic ring is 1. The van der Waals surface area contributed by atoms with Gasteiger partial charge in [-0.15, -0.1) is 0 Å². The number of nitrogens with two attached hydrogens (primary N) is 1. The van der Waals surface area contributed by atoms with Gasteiger partial charge >= 0.3 is 7.60 Å². The second-order valence-corrected chi connectivity index (χ2v) is 7.05. The second kappa shape index (κ2) is 5.01. The molecule has 0 saturated heterocycles. The normalized spacial score (nSPS) is 26.5. The molecule has 0 aliphatic heterocycles. The molecule has 3 atom stereocenters. The highest BCUT2D eigenvalue weighted by atomic mass is 31.2.